The SMILES string of the molecule is O=C(OC[C@@H]1CC1(Cl)Cl)c1ccccc1CN1C(=O)CNC1=O. The highest BCUT2D eigenvalue weighted by atomic mass is 35.5. The molecule has 1 saturated heterocycles. The van der Waals surface area contributed by atoms with Crippen LogP contribution in [0.1, 0.15) is 22.3 Å². The highest BCUT2D eigenvalue weighted by Crippen LogP contribution is 2.53. The number of carbonyl (C=O) groups is 3. The summed E-state index contributed by atoms with van der Waals surface area (Å²) in [4.78, 5) is 36.6. The van der Waals surface area contributed by atoms with Gasteiger partial charge in [0.2, 0.25) is 5.91 Å². The topological polar surface area (TPSA) is 75.7 Å². The van der Waals surface area contributed by atoms with E-state index in [0.29, 0.717) is 17.5 Å². The number of alkyl halides is 2. The van der Waals surface area contributed by atoms with Gasteiger partial charge in [-0.05, 0) is 18.1 Å². The third-order valence-electron chi connectivity index (χ3n) is 3.87. The van der Waals surface area contributed by atoms with E-state index >= 15 is 0 Å². The molecular weight excluding hydrogens is 343 g/mol. The predicted octanol–water partition coefficient (Wildman–Crippen LogP) is 2.09. The number of rotatable bonds is 5. The summed E-state index contributed by atoms with van der Waals surface area (Å²) >= 11 is 11.8. The normalized spacial score (nSPS) is 22.0. The van der Waals surface area contributed by atoms with Crippen molar-refractivity contribution in [1.82, 2.24) is 10.2 Å². The maximum absolute atomic E-state index is 12.2. The number of benzene rings is 1. The summed E-state index contributed by atoms with van der Waals surface area (Å²) in [6.07, 6.45) is 0.591. The summed E-state index contributed by atoms with van der Waals surface area (Å²) in [6, 6.07) is 6.23. The zero-order valence-electron chi connectivity index (χ0n) is 12.1. The second-order valence-corrected chi connectivity index (χ2v) is 7.10. The fourth-order valence-electron chi connectivity index (χ4n) is 2.35. The lowest BCUT2D eigenvalue weighted by atomic mass is 10.1. The third kappa shape index (κ3) is 3.43. The van der Waals surface area contributed by atoms with Gasteiger partial charge in [-0.1, -0.05) is 18.2 Å². The number of nitrogens with zero attached hydrogens (tertiary/aromatic N) is 1. The Morgan fingerprint density at radius 1 is 1.35 bits per heavy atom. The first-order valence-electron chi connectivity index (χ1n) is 7.09. The fraction of sp³-hybridized carbons (Fsp3) is 0.400. The lowest BCUT2D eigenvalue weighted by Gasteiger charge is -2.15. The van der Waals surface area contributed by atoms with Gasteiger partial charge < -0.3 is 10.1 Å². The molecular formula is C15H14Cl2N2O4. The van der Waals surface area contributed by atoms with Crippen molar-refractivity contribution in [2.75, 3.05) is 13.2 Å². The van der Waals surface area contributed by atoms with E-state index in [1.54, 1.807) is 24.3 Å². The first-order valence-corrected chi connectivity index (χ1v) is 7.85. The number of urea groups is 1. The van der Waals surface area contributed by atoms with Crippen molar-refractivity contribution < 1.29 is 19.1 Å². The van der Waals surface area contributed by atoms with E-state index in [2.05, 4.69) is 5.32 Å². The average Bonchev–Trinajstić information content (AvgIpc) is 3.02. The van der Waals surface area contributed by atoms with Crippen molar-refractivity contribution in [3.8, 4) is 0 Å². The molecule has 122 valence electrons. The van der Waals surface area contributed by atoms with E-state index < -0.39 is 16.3 Å². The maximum atomic E-state index is 12.2. The summed E-state index contributed by atoms with van der Waals surface area (Å²) < 4.78 is 4.43. The molecule has 0 aromatic heterocycles. The van der Waals surface area contributed by atoms with E-state index in [0.717, 1.165) is 4.90 Å². The Kier molecular flexibility index (Phi) is 4.21. The van der Waals surface area contributed by atoms with E-state index in [1.165, 1.54) is 0 Å². The van der Waals surface area contributed by atoms with Crippen LogP contribution in [-0.4, -0.2) is 40.3 Å². The first kappa shape index (κ1) is 16.1. The van der Waals surface area contributed by atoms with Crippen molar-refractivity contribution in [3.63, 3.8) is 0 Å². The molecule has 3 amide bonds. The van der Waals surface area contributed by atoms with Crippen LogP contribution in [0, 0.1) is 5.92 Å². The van der Waals surface area contributed by atoms with Gasteiger partial charge in [-0.15, -0.1) is 23.2 Å². The molecule has 3 rings (SSSR count). The van der Waals surface area contributed by atoms with Crippen LogP contribution in [0.5, 0.6) is 0 Å². The van der Waals surface area contributed by atoms with Crippen LogP contribution in [0.15, 0.2) is 24.3 Å². The molecule has 23 heavy (non-hydrogen) atoms. The van der Waals surface area contributed by atoms with Crippen LogP contribution in [0.3, 0.4) is 0 Å². The summed E-state index contributed by atoms with van der Waals surface area (Å²) in [5.41, 5.74) is 0.858. The lowest BCUT2D eigenvalue weighted by molar-refractivity contribution is -0.125. The molecule has 1 N–H and O–H groups in total. The molecule has 8 heteroatoms. The second kappa shape index (κ2) is 6.02. The number of ether oxygens (including phenoxy) is 1. The van der Waals surface area contributed by atoms with Crippen LogP contribution in [0.25, 0.3) is 0 Å². The molecule has 0 spiro atoms. The summed E-state index contributed by atoms with van der Waals surface area (Å²) in [5.74, 6) is -0.915. The highest BCUT2D eigenvalue weighted by molar-refractivity contribution is 6.50. The average molecular weight is 357 g/mol. The molecule has 6 nitrogen and oxygen atoms in total. The van der Waals surface area contributed by atoms with E-state index in [4.69, 9.17) is 27.9 Å². The molecule has 2 aliphatic rings. The number of nitrogens with one attached hydrogen (secondary N) is 1. The number of imide groups is 1. The quantitative estimate of drug-likeness (QED) is 0.497. The van der Waals surface area contributed by atoms with Crippen molar-refractivity contribution in [3.05, 3.63) is 35.4 Å². The molecule has 0 bridgehead atoms. The molecule has 1 aromatic carbocycles. The molecule has 1 aromatic rings. The lowest BCUT2D eigenvalue weighted by Crippen LogP contribution is -2.31. The molecule has 0 radical (unpaired) electrons. The van der Waals surface area contributed by atoms with Gasteiger partial charge in [-0.25, -0.2) is 9.59 Å². The Morgan fingerprint density at radius 2 is 2.04 bits per heavy atom. The van der Waals surface area contributed by atoms with Crippen LogP contribution in [0.4, 0.5) is 4.79 Å². The monoisotopic (exact) mass is 356 g/mol. The van der Waals surface area contributed by atoms with Gasteiger partial charge in [0, 0.05) is 5.92 Å². The van der Waals surface area contributed by atoms with E-state index in [-0.39, 0.29) is 31.5 Å². The smallest absolute Gasteiger partial charge is 0.338 e. The number of hydrogen-bond donors (Lipinski definition) is 1. The van der Waals surface area contributed by atoms with Crippen molar-refractivity contribution in [2.45, 2.75) is 17.3 Å². The van der Waals surface area contributed by atoms with Gasteiger partial charge in [0.05, 0.1) is 25.3 Å². The fourth-order valence-corrected chi connectivity index (χ4v) is 2.85. The Bertz CT molecular complexity index is 661. The van der Waals surface area contributed by atoms with Gasteiger partial charge in [0.25, 0.3) is 0 Å². The van der Waals surface area contributed by atoms with Gasteiger partial charge >= 0.3 is 12.0 Å². The standard InChI is InChI=1S/C15H14Cl2N2O4/c16-15(17)5-10(15)8-23-13(21)11-4-2-1-3-9(11)7-19-12(20)6-18-14(19)22/h1-4,10H,5-8H2,(H,18,22)/t10-/m0/s1. The van der Waals surface area contributed by atoms with Crippen molar-refractivity contribution in [2.24, 2.45) is 5.92 Å². The Balaban J connectivity index is 1.69. The van der Waals surface area contributed by atoms with Gasteiger partial charge in [-0.2, -0.15) is 0 Å². The van der Waals surface area contributed by atoms with Crippen LogP contribution in [-0.2, 0) is 16.1 Å². The maximum Gasteiger partial charge on any atom is 0.338 e. The molecule has 2 fully saturated rings. The molecule has 0 unspecified atom stereocenters. The number of halogens is 2. The van der Waals surface area contributed by atoms with E-state index in [1.807, 2.05) is 0 Å². The minimum atomic E-state index is -0.806. The molecule has 1 saturated carbocycles. The van der Waals surface area contributed by atoms with E-state index in [9.17, 15) is 14.4 Å². The number of carbonyl (C=O) groups excluding carboxylic acids is 3. The summed E-state index contributed by atoms with van der Waals surface area (Å²) in [7, 11) is 0. The largest absolute Gasteiger partial charge is 0.462 e. The zero-order chi connectivity index (χ0) is 16.6. The first-order chi connectivity index (χ1) is 10.9. The van der Waals surface area contributed by atoms with Crippen LogP contribution in [0.2, 0.25) is 0 Å². The van der Waals surface area contributed by atoms with Gasteiger partial charge in [0.1, 0.15) is 4.33 Å². The summed E-state index contributed by atoms with van der Waals surface area (Å²) in [5, 5.41) is 2.44. The minimum absolute atomic E-state index is 0.0221. The molecule has 1 aliphatic heterocycles. The zero-order valence-corrected chi connectivity index (χ0v) is 13.6. The molecule has 1 heterocycles. The van der Waals surface area contributed by atoms with Crippen molar-refractivity contribution >= 4 is 41.1 Å². The number of amides is 3. The highest BCUT2D eigenvalue weighted by Gasteiger charge is 2.52. The Labute approximate surface area is 142 Å². The van der Waals surface area contributed by atoms with Crippen LogP contribution < -0.4 is 5.32 Å². The Morgan fingerprint density at radius 3 is 2.65 bits per heavy atom. The van der Waals surface area contributed by atoms with Crippen LogP contribution >= 0.6 is 23.2 Å². The molecule has 1 atom stereocenters. The molecule has 1 aliphatic carbocycles. The Hall–Kier alpha value is -1.79. The van der Waals surface area contributed by atoms with Crippen molar-refractivity contribution in [1.29, 1.82) is 0 Å². The number of esters is 1. The third-order valence-corrected chi connectivity index (χ3v) is 4.80. The predicted molar refractivity (Wildman–Crippen MR) is 83.2 cm³/mol. The van der Waals surface area contributed by atoms with Gasteiger partial charge in [-0.3, -0.25) is 9.69 Å². The number of hydrogen-bond acceptors (Lipinski definition) is 4. The second-order valence-electron chi connectivity index (χ2n) is 5.56. The summed E-state index contributed by atoms with van der Waals surface area (Å²) in [6.45, 7) is 0.137. The van der Waals surface area contributed by atoms with Gasteiger partial charge in [0.15, 0.2) is 0 Å². The minimum Gasteiger partial charge on any atom is -0.462 e.